The molecule has 25 heavy (non-hydrogen) atoms. The summed E-state index contributed by atoms with van der Waals surface area (Å²) < 4.78 is 10.7. The van der Waals surface area contributed by atoms with E-state index in [4.69, 9.17) is 9.47 Å². The lowest BCUT2D eigenvalue weighted by atomic mass is 9.97. The average Bonchev–Trinajstić information content (AvgIpc) is 2.62. The van der Waals surface area contributed by atoms with Crippen molar-refractivity contribution in [3.8, 4) is 0 Å². The molecule has 0 N–H and O–H groups in total. The highest BCUT2D eigenvalue weighted by Crippen LogP contribution is 2.22. The molecule has 0 unspecified atom stereocenters. The minimum absolute atomic E-state index is 0.336. The smallest absolute Gasteiger partial charge is 0.334 e. The maximum absolute atomic E-state index is 12.5. The zero-order valence-corrected chi connectivity index (χ0v) is 16.8. The molecule has 0 amide bonds. The quantitative estimate of drug-likeness (QED) is 0.214. The van der Waals surface area contributed by atoms with Crippen molar-refractivity contribution >= 4 is 11.9 Å². The Bertz CT molecular complexity index is 399. The second-order valence-electron chi connectivity index (χ2n) is 6.50. The van der Waals surface area contributed by atoms with Gasteiger partial charge in [-0.1, -0.05) is 59.8 Å². The van der Waals surface area contributed by atoms with Gasteiger partial charge in [0, 0.05) is 11.1 Å². The fourth-order valence-corrected chi connectivity index (χ4v) is 2.57. The van der Waals surface area contributed by atoms with Crippen LogP contribution in [0.2, 0.25) is 0 Å². The molecule has 0 aromatic carbocycles. The minimum atomic E-state index is -0.340. The van der Waals surface area contributed by atoms with E-state index in [2.05, 4.69) is 13.8 Å². The maximum atomic E-state index is 12.5. The topological polar surface area (TPSA) is 52.6 Å². The minimum Gasteiger partial charge on any atom is -0.462 e. The molecule has 0 aliphatic heterocycles. The van der Waals surface area contributed by atoms with Crippen LogP contribution >= 0.6 is 0 Å². The third-order valence-corrected chi connectivity index (χ3v) is 4.04. The van der Waals surface area contributed by atoms with Gasteiger partial charge in [-0.3, -0.25) is 0 Å². The van der Waals surface area contributed by atoms with Crippen molar-refractivity contribution in [1.29, 1.82) is 0 Å². The van der Waals surface area contributed by atoms with Gasteiger partial charge < -0.3 is 9.47 Å². The van der Waals surface area contributed by atoms with Crippen LogP contribution in [0, 0.1) is 0 Å². The van der Waals surface area contributed by atoms with Crippen LogP contribution in [0.1, 0.15) is 98.3 Å². The lowest BCUT2D eigenvalue weighted by molar-refractivity contribution is -0.142. The lowest BCUT2D eigenvalue weighted by Gasteiger charge is -2.14. The molecular formula is C21H38O4. The number of hydrogen-bond donors (Lipinski definition) is 0. The van der Waals surface area contributed by atoms with Crippen molar-refractivity contribution in [2.75, 3.05) is 13.2 Å². The summed E-state index contributed by atoms with van der Waals surface area (Å²) >= 11 is 0. The molecule has 0 saturated carbocycles. The Balaban J connectivity index is 5.22. The van der Waals surface area contributed by atoms with Gasteiger partial charge in [0.15, 0.2) is 0 Å². The number of carbonyl (C=O) groups is 2. The molecule has 4 nitrogen and oxygen atoms in total. The largest absolute Gasteiger partial charge is 0.462 e. The summed E-state index contributed by atoms with van der Waals surface area (Å²) in [5.41, 5.74) is 1.08. The number of carbonyl (C=O) groups excluding carboxylic acids is 2. The molecule has 0 aromatic rings. The van der Waals surface area contributed by atoms with Crippen LogP contribution in [-0.2, 0) is 19.1 Å². The van der Waals surface area contributed by atoms with E-state index in [-0.39, 0.29) is 11.9 Å². The van der Waals surface area contributed by atoms with Crippen LogP contribution in [0.15, 0.2) is 11.1 Å². The van der Waals surface area contributed by atoms with Crippen LogP contribution in [-0.4, -0.2) is 25.2 Å². The molecule has 0 spiro atoms. The van der Waals surface area contributed by atoms with E-state index >= 15 is 0 Å². The Labute approximate surface area is 154 Å². The molecule has 0 radical (unpaired) electrons. The highest BCUT2D eigenvalue weighted by molar-refractivity contribution is 6.00. The summed E-state index contributed by atoms with van der Waals surface area (Å²) in [6.07, 6.45) is 10.1. The van der Waals surface area contributed by atoms with Crippen LogP contribution in [0.25, 0.3) is 0 Å². The van der Waals surface area contributed by atoms with E-state index in [9.17, 15) is 9.59 Å². The number of ether oxygens (including phenoxy) is 2. The van der Waals surface area contributed by atoms with Crippen molar-refractivity contribution in [2.45, 2.75) is 98.3 Å². The van der Waals surface area contributed by atoms with E-state index < -0.39 is 0 Å². The predicted molar refractivity (Wildman–Crippen MR) is 102 cm³/mol. The third kappa shape index (κ3) is 11.0. The van der Waals surface area contributed by atoms with E-state index in [1.807, 2.05) is 13.8 Å². The molecule has 0 aliphatic carbocycles. The van der Waals surface area contributed by atoms with Gasteiger partial charge in [0.25, 0.3) is 0 Å². The number of esters is 2. The van der Waals surface area contributed by atoms with E-state index in [1.54, 1.807) is 0 Å². The summed E-state index contributed by atoms with van der Waals surface area (Å²) in [5.74, 6) is -0.677. The van der Waals surface area contributed by atoms with Gasteiger partial charge in [-0.05, 0) is 38.5 Å². The standard InChI is InChI=1S/C21H38O4/c1-5-9-11-12-13-15-19(21(23)25-17-8-4)18(14-10-6-2)20(22)24-16-7-3/h5-17H2,1-4H3/b19-18-. The summed E-state index contributed by atoms with van der Waals surface area (Å²) in [6, 6.07) is 0. The SMILES string of the molecule is CCCCCCC/C(C(=O)OCCC)=C(\CCCC)C(=O)OCCC. The fraction of sp³-hybridized carbons (Fsp3) is 0.810. The van der Waals surface area contributed by atoms with Gasteiger partial charge in [-0.25, -0.2) is 9.59 Å². The van der Waals surface area contributed by atoms with Crippen molar-refractivity contribution in [1.82, 2.24) is 0 Å². The summed E-state index contributed by atoms with van der Waals surface area (Å²) in [6.45, 7) is 8.97. The molecule has 0 atom stereocenters. The first-order chi connectivity index (χ1) is 12.1. The Morgan fingerprint density at radius 1 is 0.560 bits per heavy atom. The summed E-state index contributed by atoms with van der Waals surface area (Å²) in [4.78, 5) is 25.0. The third-order valence-electron chi connectivity index (χ3n) is 4.04. The molecule has 0 aromatic heterocycles. The maximum Gasteiger partial charge on any atom is 0.334 e. The van der Waals surface area contributed by atoms with E-state index in [0.717, 1.165) is 38.5 Å². The molecule has 0 rings (SSSR count). The lowest BCUT2D eigenvalue weighted by Crippen LogP contribution is -2.18. The fourth-order valence-electron chi connectivity index (χ4n) is 2.57. The molecule has 0 aliphatic rings. The van der Waals surface area contributed by atoms with Crippen LogP contribution in [0.5, 0.6) is 0 Å². The van der Waals surface area contributed by atoms with E-state index in [1.165, 1.54) is 19.3 Å². The second-order valence-corrected chi connectivity index (χ2v) is 6.50. The van der Waals surface area contributed by atoms with Crippen LogP contribution < -0.4 is 0 Å². The zero-order valence-electron chi connectivity index (χ0n) is 16.8. The summed E-state index contributed by atoms with van der Waals surface area (Å²) in [7, 11) is 0. The van der Waals surface area contributed by atoms with Gasteiger partial charge in [0.05, 0.1) is 13.2 Å². The van der Waals surface area contributed by atoms with Gasteiger partial charge >= 0.3 is 11.9 Å². The van der Waals surface area contributed by atoms with Crippen molar-refractivity contribution < 1.29 is 19.1 Å². The van der Waals surface area contributed by atoms with Gasteiger partial charge in [-0.2, -0.15) is 0 Å². The van der Waals surface area contributed by atoms with Crippen LogP contribution in [0.3, 0.4) is 0 Å². The van der Waals surface area contributed by atoms with E-state index in [0.29, 0.717) is 37.2 Å². The monoisotopic (exact) mass is 354 g/mol. The Kier molecular flexibility index (Phi) is 15.3. The molecule has 4 heteroatoms. The second kappa shape index (κ2) is 16.2. The normalized spacial score (nSPS) is 11.8. The average molecular weight is 355 g/mol. The van der Waals surface area contributed by atoms with Crippen molar-refractivity contribution in [2.24, 2.45) is 0 Å². The molecule has 0 bridgehead atoms. The zero-order chi connectivity index (χ0) is 18.9. The Morgan fingerprint density at radius 3 is 1.44 bits per heavy atom. The van der Waals surface area contributed by atoms with Crippen molar-refractivity contribution in [3.05, 3.63) is 11.1 Å². The number of unbranched alkanes of at least 4 members (excludes halogenated alkanes) is 5. The molecule has 0 fully saturated rings. The predicted octanol–water partition coefficient (Wildman–Crippen LogP) is 5.74. The molecule has 0 heterocycles. The Morgan fingerprint density at radius 2 is 1.00 bits per heavy atom. The van der Waals surface area contributed by atoms with Crippen LogP contribution in [0.4, 0.5) is 0 Å². The highest BCUT2D eigenvalue weighted by Gasteiger charge is 2.22. The molecule has 0 saturated heterocycles. The molecule has 146 valence electrons. The van der Waals surface area contributed by atoms with Gasteiger partial charge in [0.2, 0.25) is 0 Å². The number of rotatable bonds is 15. The van der Waals surface area contributed by atoms with Gasteiger partial charge in [0.1, 0.15) is 0 Å². The first-order valence-corrected chi connectivity index (χ1v) is 10.2. The highest BCUT2D eigenvalue weighted by atomic mass is 16.5. The van der Waals surface area contributed by atoms with Gasteiger partial charge in [-0.15, -0.1) is 0 Å². The van der Waals surface area contributed by atoms with Crippen molar-refractivity contribution in [3.63, 3.8) is 0 Å². The first-order valence-electron chi connectivity index (χ1n) is 10.2. The summed E-state index contributed by atoms with van der Waals surface area (Å²) in [5, 5.41) is 0. The Hall–Kier alpha value is -1.32. The number of hydrogen-bond acceptors (Lipinski definition) is 4. The molecular weight excluding hydrogens is 316 g/mol. The first kappa shape index (κ1) is 23.7.